The summed E-state index contributed by atoms with van der Waals surface area (Å²) in [5.74, 6) is 0.773. The molecule has 1 N–H and O–H groups in total. The molecule has 0 aliphatic carbocycles. The van der Waals surface area contributed by atoms with E-state index in [1.807, 2.05) is 32.9 Å². The maximum Gasteiger partial charge on any atom is 0.349 e. The van der Waals surface area contributed by atoms with Crippen LogP contribution in [0.25, 0.3) is 6.08 Å². The molecule has 0 radical (unpaired) electrons. The number of hydrogen-bond acceptors (Lipinski definition) is 6. The van der Waals surface area contributed by atoms with Crippen LogP contribution in [-0.2, 0) is 23.8 Å². The van der Waals surface area contributed by atoms with Crippen molar-refractivity contribution in [2.24, 2.45) is 0 Å². The summed E-state index contributed by atoms with van der Waals surface area (Å²) in [7, 11) is -3.34. The third-order valence-corrected chi connectivity index (χ3v) is 7.22. The second-order valence-electron chi connectivity index (χ2n) is 7.54. The topological polar surface area (TPSA) is 76.1 Å². The first-order valence-electron chi connectivity index (χ1n) is 9.45. The molecule has 0 saturated carbocycles. The Morgan fingerprint density at radius 3 is 2.46 bits per heavy atom. The molecule has 0 atom stereocenters. The van der Waals surface area contributed by atoms with E-state index in [2.05, 4.69) is 0 Å². The lowest BCUT2D eigenvalue weighted by atomic mass is 9.85. The van der Waals surface area contributed by atoms with Crippen LogP contribution in [0.2, 0.25) is 0 Å². The minimum absolute atomic E-state index is 0.0474. The summed E-state index contributed by atoms with van der Waals surface area (Å²) in [4.78, 5) is 15.0. The lowest BCUT2D eigenvalue weighted by Gasteiger charge is -2.30. The molecule has 2 rings (SSSR count). The first kappa shape index (κ1) is 23.0. The normalized spacial score (nSPS) is 17.4. The van der Waals surface area contributed by atoms with Crippen LogP contribution in [0.3, 0.4) is 0 Å². The molecular formula is C20H30NO5PS. The second kappa shape index (κ2) is 9.49. The highest BCUT2D eigenvalue weighted by atomic mass is 32.2. The van der Waals surface area contributed by atoms with Gasteiger partial charge >= 0.3 is 7.60 Å². The van der Waals surface area contributed by atoms with Gasteiger partial charge in [-0.25, -0.2) is 0 Å². The number of nitrogens with zero attached hydrogens (tertiary/aromatic N) is 1. The number of carbonyl (C=O) groups is 1. The molecule has 1 aromatic carbocycles. The number of benzene rings is 1. The summed E-state index contributed by atoms with van der Waals surface area (Å²) in [6.07, 6.45) is 1.77. The zero-order valence-electron chi connectivity index (χ0n) is 17.2. The fourth-order valence-electron chi connectivity index (χ4n) is 2.94. The summed E-state index contributed by atoms with van der Waals surface area (Å²) >= 11 is 1.48. The largest absolute Gasteiger partial charge is 0.508 e. The van der Waals surface area contributed by atoms with Crippen molar-refractivity contribution in [3.8, 4) is 5.75 Å². The van der Waals surface area contributed by atoms with Gasteiger partial charge in [0, 0.05) is 12.3 Å². The highest BCUT2D eigenvalue weighted by Gasteiger charge is 2.33. The van der Waals surface area contributed by atoms with Crippen LogP contribution in [0.15, 0.2) is 23.1 Å². The van der Waals surface area contributed by atoms with Gasteiger partial charge in [0.15, 0.2) is 0 Å². The van der Waals surface area contributed by atoms with E-state index in [1.54, 1.807) is 30.9 Å². The van der Waals surface area contributed by atoms with Crippen molar-refractivity contribution in [1.82, 2.24) is 4.90 Å². The van der Waals surface area contributed by atoms with Gasteiger partial charge in [0.25, 0.3) is 5.91 Å². The molecule has 0 bridgehead atoms. The highest BCUT2D eigenvalue weighted by Crippen LogP contribution is 2.49. The Kier molecular flexibility index (Phi) is 7.80. The van der Waals surface area contributed by atoms with Crippen molar-refractivity contribution in [3.05, 3.63) is 34.2 Å². The minimum atomic E-state index is -3.34. The lowest BCUT2D eigenvalue weighted by molar-refractivity contribution is -0.125. The van der Waals surface area contributed by atoms with Gasteiger partial charge in [-0.1, -0.05) is 26.8 Å². The Hall–Kier alpha value is -1.27. The Bertz CT molecular complexity index is 777. The summed E-state index contributed by atoms with van der Waals surface area (Å²) < 4.78 is 23.4. The van der Waals surface area contributed by atoms with Crippen LogP contribution < -0.4 is 0 Å². The molecule has 1 heterocycles. The van der Waals surface area contributed by atoms with E-state index in [4.69, 9.17) is 9.05 Å². The lowest BCUT2D eigenvalue weighted by Crippen LogP contribution is -2.38. The van der Waals surface area contributed by atoms with E-state index in [9.17, 15) is 14.5 Å². The van der Waals surface area contributed by atoms with Crippen molar-refractivity contribution in [2.75, 3.05) is 31.8 Å². The quantitative estimate of drug-likeness (QED) is 0.496. The van der Waals surface area contributed by atoms with Crippen molar-refractivity contribution < 1.29 is 23.5 Å². The van der Waals surface area contributed by atoms with Gasteiger partial charge in [-0.2, -0.15) is 0 Å². The van der Waals surface area contributed by atoms with Gasteiger partial charge in [-0.05, 0) is 48.6 Å². The third-order valence-electron chi connectivity index (χ3n) is 4.24. The fourth-order valence-corrected chi connectivity index (χ4v) is 5.66. The average Bonchev–Trinajstić information content (AvgIpc) is 2.59. The fraction of sp³-hybridized carbons (Fsp3) is 0.550. The number of phenols is 1. The van der Waals surface area contributed by atoms with Crippen molar-refractivity contribution >= 4 is 31.3 Å². The van der Waals surface area contributed by atoms with Crippen LogP contribution in [0.4, 0.5) is 0 Å². The maximum absolute atomic E-state index is 12.9. The molecular weight excluding hydrogens is 397 g/mol. The number of amides is 1. The Morgan fingerprint density at radius 1 is 1.25 bits per heavy atom. The van der Waals surface area contributed by atoms with Crippen molar-refractivity contribution in [3.63, 3.8) is 0 Å². The minimum Gasteiger partial charge on any atom is -0.508 e. The Balaban J connectivity index is 2.26. The Labute approximate surface area is 171 Å². The smallest absolute Gasteiger partial charge is 0.349 e. The van der Waals surface area contributed by atoms with Gasteiger partial charge in [-0.15, -0.1) is 11.8 Å². The molecule has 1 amide bonds. The van der Waals surface area contributed by atoms with Crippen molar-refractivity contribution in [2.45, 2.75) is 40.0 Å². The average molecular weight is 428 g/mol. The molecule has 1 saturated heterocycles. The number of thioether (sulfide) groups is 1. The molecule has 1 aliphatic heterocycles. The van der Waals surface area contributed by atoms with Crippen molar-refractivity contribution in [1.29, 1.82) is 0 Å². The molecule has 1 aromatic rings. The second-order valence-corrected chi connectivity index (χ2v) is 10.7. The van der Waals surface area contributed by atoms with E-state index in [0.29, 0.717) is 17.2 Å². The standard InChI is InChI=1S/C20H30NO5PS/c1-6-25-27(24,26-7-2)14-21-10-11-28-18(19(21)23)13-15-8-9-17(22)16(12-15)20(3,4)5/h8-9,12-13,22H,6-7,10-11,14H2,1-5H3. The highest BCUT2D eigenvalue weighted by molar-refractivity contribution is 8.04. The van der Waals surface area contributed by atoms with Crippen LogP contribution in [0.1, 0.15) is 45.7 Å². The third kappa shape index (κ3) is 5.86. The zero-order chi connectivity index (χ0) is 20.9. The number of rotatable bonds is 7. The van der Waals surface area contributed by atoms with E-state index in [1.165, 1.54) is 11.8 Å². The van der Waals surface area contributed by atoms with Gasteiger partial charge in [-0.3, -0.25) is 9.36 Å². The molecule has 0 aromatic heterocycles. The molecule has 6 nitrogen and oxygen atoms in total. The predicted molar refractivity (Wildman–Crippen MR) is 115 cm³/mol. The van der Waals surface area contributed by atoms with E-state index in [-0.39, 0.29) is 36.6 Å². The summed E-state index contributed by atoms with van der Waals surface area (Å²) in [5.41, 5.74) is 1.46. The SMILES string of the molecule is CCOP(=O)(CN1CCSC(=Cc2ccc(O)c(C(C)(C)C)c2)C1=O)OCC. The zero-order valence-corrected chi connectivity index (χ0v) is 18.9. The van der Waals surface area contributed by atoms with Gasteiger partial charge < -0.3 is 19.1 Å². The van der Waals surface area contributed by atoms with Gasteiger partial charge in [0.1, 0.15) is 12.0 Å². The molecule has 156 valence electrons. The molecule has 1 fully saturated rings. The van der Waals surface area contributed by atoms with Crippen LogP contribution >= 0.6 is 19.4 Å². The van der Waals surface area contributed by atoms with Crippen LogP contribution in [0.5, 0.6) is 5.75 Å². The van der Waals surface area contributed by atoms with E-state index in [0.717, 1.165) is 11.1 Å². The van der Waals surface area contributed by atoms with E-state index < -0.39 is 7.60 Å². The maximum atomic E-state index is 12.9. The van der Waals surface area contributed by atoms with Crippen LogP contribution in [-0.4, -0.2) is 47.7 Å². The monoisotopic (exact) mass is 427 g/mol. The summed E-state index contributed by atoms with van der Waals surface area (Å²) in [5, 5.41) is 10.1. The summed E-state index contributed by atoms with van der Waals surface area (Å²) in [6, 6.07) is 5.34. The molecule has 0 spiro atoms. The first-order valence-corrected chi connectivity index (χ1v) is 12.2. The molecule has 1 aliphatic rings. The number of aromatic hydroxyl groups is 1. The number of hydrogen-bond donors (Lipinski definition) is 1. The first-order chi connectivity index (χ1) is 13.1. The van der Waals surface area contributed by atoms with E-state index >= 15 is 0 Å². The molecule has 28 heavy (non-hydrogen) atoms. The van der Waals surface area contributed by atoms with Crippen LogP contribution in [0, 0.1) is 0 Å². The molecule has 8 heteroatoms. The van der Waals surface area contributed by atoms with Gasteiger partial charge in [0.05, 0.1) is 18.1 Å². The number of phenolic OH excluding ortho intramolecular Hbond substituents is 1. The predicted octanol–water partition coefficient (Wildman–Crippen LogP) is 4.83. The molecule has 0 unspecified atom stereocenters. The van der Waals surface area contributed by atoms with Gasteiger partial charge in [0.2, 0.25) is 0 Å². The number of carbonyl (C=O) groups excluding carboxylic acids is 1. The summed E-state index contributed by atoms with van der Waals surface area (Å²) in [6.45, 7) is 10.6. The Morgan fingerprint density at radius 2 is 1.89 bits per heavy atom.